The summed E-state index contributed by atoms with van der Waals surface area (Å²) >= 11 is 0. The van der Waals surface area contributed by atoms with E-state index in [0.29, 0.717) is 18.3 Å². The number of aromatic nitrogens is 5. The van der Waals surface area contributed by atoms with Crippen LogP contribution in [-0.2, 0) is 13.6 Å². The molecule has 3 heterocycles. The van der Waals surface area contributed by atoms with Crippen molar-refractivity contribution in [3.63, 3.8) is 0 Å². The number of nitrogens with one attached hydrogen (secondary N) is 2. The van der Waals surface area contributed by atoms with Crippen molar-refractivity contribution in [2.24, 2.45) is 7.05 Å². The molecule has 1 aliphatic rings. The molecule has 2 aromatic heterocycles. The van der Waals surface area contributed by atoms with Gasteiger partial charge in [0, 0.05) is 37.9 Å². The summed E-state index contributed by atoms with van der Waals surface area (Å²) in [7, 11) is 1.87. The zero-order chi connectivity index (χ0) is 14.1. The predicted molar refractivity (Wildman–Crippen MR) is 71.0 cm³/mol. The first-order valence-electron chi connectivity index (χ1n) is 6.53. The van der Waals surface area contributed by atoms with E-state index in [1.807, 2.05) is 14.0 Å². The summed E-state index contributed by atoms with van der Waals surface area (Å²) in [5.41, 5.74) is 2.38. The van der Waals surface area contributed by atoms with E-state index in [9.17, 15) is 4.79 Å². The number of rotatable bonds is 4. The van der Waals surface area contributed by atoms with Gasteiger partial charge in [0.2, 0.25) is 0 Å². The summed E-state index contributed by atoms with van der Waals surface area (Å²) in [5.74, 6) is -0.216. The first kappa shape index (κ1) is 12.8. The van der Waals surface area contributed by atoms with Crippen LogP contribution in [0.1, 0.15) is 27.8 Å². The maximum absolute atomic E-state index is 12.0. The maximum Gasteiger partial charge on any atom is 0.273 e. The molecule has 1 fully saturated rings. The van der Waals surface area contributed by atoms with Crippen LogP contribution in [0.2, 0.25) is 0 Å². The third-order valence-corrected chi connectivity index (χ3v) is 3.65. The summed E-state index contributed by atoms with van der Waals surface area (Å²) < 4.78 is 3.52. The summed E-state index contributed by atoms with van der Waals surface area (Å²) in [6, 6.07) is 0.310. The SMILES string of the molecule is Cc1c(CNC(=O)c2cn(C3CNC3)nn2)cnn1C. The number of carbonyl (C=O) groups excluding carboxylic acids is 1. The van der Waals surface area contributed by atoms with E-state index in [4.69, 9.17) is 0 Å². The molecule has 0 unspecified atom stereocenters. The van der Waals surface area contributed by atoms with Crippen molar-refractivity contribution < 1.29 is 4.79 Å². The Kier molecular flexibility index (Phi) is 3.23. The Balaban J connectivity index is 1.61. The van der Waals surface area contributed by atoms with Crippen LogP contribution in [0.5, 0.6) is 0 Å². The monoisotopic (exact) mass is 275 g/mol. The smallest absolute Gasteiger partial charge is 0.273 e. The van der Waals surface area contributed by atoms with Crippen molar-refractivity contribution in [1.29, 1.82) is 0 Å². The number of hydrogen-bond donors (Lipinski definition) is 2. The van der Waals surface area contributed by atoms with Gasteiger partial charge in [-0.05, 0) is 6.92 Å². The van der Waals surface area contributed by atoms with E-state index in [0.717, 1.165) is 24.3 Å². The fraction of sp³-hybridized carbons (Fsp3) is 0.500. The lowest BCUT2D eigenvalue weighted by molar-refractivity contribution is 0.0945. The number of nitrogens with zero attached hydrogens (tertiary/aromatic N) is 5. The second kappa shape index (κ2) is 5.04. The van der Waals surface area contributed by atoms with Crippen molar-refractivity contribution in [2.45, 2.75) is 19.5 Å². The molecule has 1 amide bonds. The third-order valence-electron chi connectivity index (χ3n) is 3.65. The lowest BCUT2D eigenvalue weighted by Gasteiger charge is -2.26. The summed E-state index contributed by atoms with van der Waals surface area (Å²) in [6.07, 6.45) is 3.45. The second-order valence-electron chi connectivity index (χ2n) is 4.96. The van der Waals surface area contributed by atoms with E-state index in [-0.39, 0.29) is 5.91 Å². The normalized spacial score (nSPS) is 15.1. The Bertz CT molecular complexity index is 626. The maximum atomic E-state index is 12.0. The highest BCUT2D eigenvalue weighted by atomic mass is 16.2. The fourth-order valence-electron chi connectivity index (χ4n) is 2.00. The molecule has 0 spiro atoms. The molecule has 0 bridgehead atoms. The van der Waals surface area contributed by atoms with Gasteiger partial charge in [-0.3, -0.25) is 9.48 Å². The number of aryl methyl sites for hydroxylation is 1. The van der Waals surface area contributed by atoms with Gasteiger partial charge in [0.05, 0.1) is 18.4 Å². The van der Waals surface area contributed by atoms with E-state index in [1.54, 1.807) is 21.8 Å². The van der Waals surface area contributed by atoms with Gasteiger partial charge in [0.1, 0.15) is 0 Å². The topological polar surface area (TPSA) is 89.7 Å². The first-order valence-corrected chi connectivity index (χ1v) is 6.53. The zero-order valence-electron chi connectivity index (χ0n) is 11.5. The molecule has 2 N–H and O–H groups in total. The highest BCUT2D eigenvalue weighted by Crippen LogP contribution is 2.10. The van der Waals surface area contributed by atoms with Crippen LogP contribution in [0.25, 0.3) is 0 Å². The molecule has 1 aliphatic heterocycles. The molecule has 0 aliphatic carbocycles. The van der Waals surface area contributed by atoms with Gasteiger partial charge in [0.25, 0.3) is 5.91 Å². The average Bonchev–Trinajstić information content (AvgIpc) is 2.95. The molecular formula is C12H17N7O. The molecule has 20 heavy (non-hydrogen) atoms. The Labute approximate surface area is 116 Å². The molecule has 0 aromatic carbocycles. The van der Waals surface area contributed by atoms with Gasteiger partial charge in [-0.25, -0.2) is 4.68 Å². The lowest BCUT2D eigenvalue weighted by atomic mass is 10.2. The standard InChI is InChI=1S/C12H17N7O/c1-8-9(4-15-18(8)2)3-14-12(20)11-7-19(17-16-11)10-5-13-6-10/h4,7,10,13H,3,5-6H2,1-2H3,(H,14,20). The van der Waals surface area contributed by atoms with Crippen LogP contribution in [-0.4, -0.2) is 43.8 Å². The Morgan fingerprint density at radius 2 is 2.35 bits per heavy atom. The highest BCUT2D eigenvalue weighted by Gasteiger charge is 2.21. The van der Waals surface area contributed by atoms with Gasteiger partial charge < -0.3 is 10.6 Å². The largest absolute Gasteiger partial charge is 0.346 e. The third kappa shape index (κ3) is 2.29. The molecule has 0 radical (unpaired) electrons. The Morgan fingerprint density at radius 3 is 2.95 bits per heavy atom. The number of hydrogen-bond acceptors (Lipinski definition) is 5. The Hall–Kier alpha value is -2.22. The lowest BCUT2D eigenvalue weighted by Crippen LogP contribution is -2.43. The van der Waals surface area contributed by atoms with Crippen molar-refractivity contribution >= 4 is 5.91 Å². The van der Waals surface area contributed by atoms with Gasteiger partial charge >= 0.3 is 0 Å². The number of carbonyl (C=O) groups is 1. The molecule has 1 saturated heterocycles. The molecule has 3 rings (SSSR count). The molecule has 0 atom stereocenters. The zero-order valence-corrected chi connectivity index (χ0v) is 11.5. The molecular weight excluding hydrogens is 258 g/mol. The molecule has 106 valence electrons. The van der Waals surface area contributed by atoms with E-state index in [1.165, 1.54) is 0 Å². The predicted octanol–water partition coefficient (Wildman–Crippen LogP) is -0.606. The second-order valence-corrected chi connectivity index (χ2v) is 4.96. The minimum absolute atomic E-state index is 0.216. The summed E-state index contributed by atoms with van der Waals surface area (Å²) in [5, 5.41) is 18.0. The molecule has 2 aromatic rings. The van der Waals surface area contributed by atoms with Crippen LogP contribution >= 0.6 is 0 Å². The van der Waals surface area contributed by atoms with E-state index in [2.05, 4.69) is 26.0 Å². The van der Waals surface area contributed by atoms with Crippen LogP contribution in [0.4, 0.5) is 0 Å². The van der Waals surface area contributed by atoms with Gasteiger partial charge in [-0.2, -0.15) is 5.10 Å². The molecule has 8 nitrogen and oxygen atoms in total. The first-order chi connectivity index (χ1) is 9.65. The summed E-state index contributed by atoms with van der Waals surface area (Å²) in [4.78, 5) is 12.0. The molecule has 0 saturated carbocycles. The van der Waals surface area contributed by atoms with Crippen molar-refractivity contribution in [3.05, 3.63) is 29.3 Å². The van der Waals surface area contributed by atoms with Crippen molar-refractivity contribution in [2.75, 3.05) is 13.1 Å². The van der Waals surface area contributed by atoms with Gasteiger partial charge in [0.15, 0.2) is 5.69 Å². The minimum Gasteiger partial charge on any atom is -0.346 e. The molecule has 8 heteroatoms. The van der Waals surface area contributed by atoms with Gasteiger partial charge in [-0.1, -0.05) is 5.21 Å². The van der Waals surface area contributed by atoms with E-state index < -0.39 is 0 Å². The van der Waals surface area contributed by atoms with Crippen LogP contribution < -0.4 is 10.6 Å². The summed E-state index contributed by atoms with van der Waals surface area (Å²) in [6.45, 7) is 4.16. The van der Waals surface area contributed by atoms with Crippen LogP contribution in [0.15, 0.2) is 12.4 Å². The van der Waals surface area contributed by atoms with E-state index >= 15 is 0 Å². The average molecular weight is 275 g/mol. The van der Waals surface area contributed by atoms with Crippen LogP contribution in [0.3, 0.4) is 0 Å². The van der Waals surface area contributed by atoms with Crippen LogP contribution in [0, 0.1) is 6.92 Å². The number of amides is 1. The fourth-order valence-corrected chi connectivity index (χ4v) is 2.00. The van der Waals surface area contributed by atoms with Crippen molar-refractivity contribution in [3.8, 4) is 0 Å². The quantitative estimate of drug-likeness (QED) is 0.777. The highest BCUT2D eigenvalue weighted by molar-refractivity contribution is 5.91. The minimum atomic E-state index is -0.216. The van der Waals surface area contributed by atoms with Crippen molar-refractivity contribution in [1.82, 2.24) is 35.4 Å². The Morgan fingerprint density at radius 1 is 1.55 bits per heavy atom. The van der Waals surface area contributed by atoms with Gasteiger partial charge in [-0.15, -0.1) is 5.10 Å².